The Morgan fingerprint density at radius 1 is 1.50 bits per heavy atom. The van der Waals surface area contributed by atoms with Gasteiger partial charge in [-0.1, -0.05) is 26.5 Å². The van der Waals surface area contributed by atoms with Crippen molar-refractivity contribution >= 4 is 5.78 Å². The molecule has 0 N–H and O–H groups in total. The Kier molecular flexibility index (Phi) is 2.58. The first-order chi connectivity index (χ1) is 7.54. The van der Waals surface area contributed by atoms with Crippen molar-refractivity contribution < 1.29 is 9.53 Å². The summed E-state index contributed by atoms with van der Waals surface area (Å²) >= 11 is 0. The molecule has 1 aliphatic rings. The van der Waals surface area contributed by atoms with Crippen molar-refractivity contribution in [2.75, 3.05) is 6.61 Å². The molecule has 0 aromatic heterocycles. The zero-order valence-corrected chi connectivity index (χ0v) is 9.75. The molecule has 1 aliphatic carbocycles. The van der Waals surface area contributed by atoms with E-state index in [1.807, 2.05) is 32.0 Å². The number of fused-ring (bicyclic) bond motifs is 1. The number of benzene rings is 1. The number of hydrogen-bond donors (Lipinski definition) is 0. The first-order valence-corrected chi connectivity index (χ1v) is 5.46. The van der Waals surface area contributed by atoms with Gasteiger partial charge in [-0.25, -0.2) is 0 Å². The van der Waals surface area contributed by atoms with E-state index >= 15 is 0 Å². The summed E-state index contributed by atoms with van der Waals surface area (Å²) < 4.78 is 5.45. The second kappa shape index (κ2) is 3.78. The van der Waals surface area contributed by atoms with Gasteiger partial charge in [0.1, 0.15) is 12.4 Å². The van der Waals surface area contributed by atoms with Gasteiger partial charge in [0.15, 0.2) is 5.78 Å². The number of hydrogen-bond acceptors (Lipinski definition) is 2. The lowest BCUT2D eigenvalue weighted by Gasteiger charge is -2.12. The summed E-state index contributed by atoms with van der Waals surface area (Å²) in [5.41, 5.74) is 1.67. The molecule has 1 aromatic rings. The highest BCUT2D eigenvalue weighted by Crippen LogP contribution is 2.37. The van der Waals surface area contributed by atoms with Crippen LogP contribution in [0.4, 0.5) is 0 Å². The van der Waals surface area contributed by atoms with Crippen LogP contribution in [0.3, 0.4) is 0 Å². The number of ketones is 1. The Labute approximate surface area is 95.9 Å². The first-order valence-electron chi connectivity index (χ1n) is 5.46. The van der Waals surface area contributed by atoms with Gasteiger partial charge in [-0.05, 0) is 30.2 Å². The minimum atomic E-state index is -0.264. The van der Waals surface area contributed by atoms with E-state index in [-0.39, 0.29) is 11.2 Å². The fourth-order valence-corrected chi connectivity index (χ4v) is 2.10. The molecule has 0 amide bonds. The third-order valence-corrected chi connectivity index (χ3v) is 2.94. The maximum absolute atomic E-state index is 12.0. The lowest BCUT2D eigenvalue weighted by Crippen LogP contribution is -2.18. The Hall–Kier alpha value is -1.57. The normalized spacial score (nSPS) is 17.0. The Morgan fingerprint density at radius 2 is 2.25 bits per heavy atom. The third-order valence-electron chi connectivity index (χ3n) is 2.94. The standard InChI is InChI=1S/C14H16O2/c1-4-7-16-11-5-6-12-10(8-11)9-14(2,3)13(12)15/h4-6,8H,1,7,9H2,2-3H3. The molecule has 84 valence electrons. The lowest BCUT2D eigenvalue weighted by molar-refractivity contribution is 0.0863. The minimum Gasteiger partial charge on any atom is -0.490 e. The second-order valence-corrected chi connectivity index (χ2v) is 4.81. The van der Waals surface area contributed by atoms with E-state index in [2.05, 4.69) is 6.58 Å². The van der Waals surface area contributed by atoms with E-state index in [0.29, 0.717) is 6.61 Å². The molecule has 2 rings (SSSR count). The first kappa shape index (κ1) is 10.9. The second-order valence-electron chi connectivity index (χ2n) is 4.81. The summed E-state index contributed by atoms with van der Waals surface area (Å²) in [5.74, 6) is 1.04. The van der Waals surface area contributed by atoms with Gasteiger partial charge < -0.3 is 4.74 Å². The highest BCUT2D eigenvalue weighted by atomic mass is 16.5. The summed E-state index contributed by atoms with van der Waals surface area (Å²) in [7, 11) is 0. The Balaban J connectivity index is 2.30. The summed E-state index contributed by atoms with van der Waals surface area (Å²) in [6, 6.07) is 5.68. The molecular formula is C14H16O2. The van der Waals surface area contributed by atoms with E-state index in [0.717, 1.165) is 23.3 Å². The van der Waals surface area contributed by atoms with Gasteiger partial charge in [0.05, 0.1) is 0 Å². The van der Waals surface area contributed by atoms with Gasteiger partial charge in [0.2, 0.25) is 0 Å². The van der Waals surface area contributed by atoms with Crippen LogP contribution in [0.15, 0.2) is 30.9 Å². The van der Waals surface area contributed by atoms with Crippen LogP contribution in [0.1, 0.15) is 29.8 Å². The van der Waals surface area contributed by atoms with Crippen molar-refractivity contribution in [2.45, 2.75) is 20.3 Å². The van der Waals surface area contributed by atoms with Crippen LogP contribution in [-0.4, -0.2) is 12.4 Å². The number of ether oxygens (including phenoxy) is 1. The number of rotatable bonds is 3. The summed E-state index contributed by atoms with van der Waals surface area (Å²) in [6.45, 7) is 8.07. The van der Waals surface area contributed by atoms with Crippen molar-refractivity contribution in [3.8, 4) is 5.75 Å². The molecule has 2 nitrogen and oxygen atoms in total. The highest BCUT2D eigenvalue weighted by Gasteiger charge is 2.37. The van der Waals surface area contributed by atoms with Crippen molar-refractivity contribution in [3.05, 3.63) is 42.0 Å². The molecule has 0 spiro atoms. The van der Waals surface area contributed by atoms with Gasteiger partial charge in [0.25, 0.3) is 0 Å². The number of Topliss-reactive ketones (excluding diaryl/α,β-unsaturated/α-hetero) is 1. The van der Waals surface area contributed by atoms with Crippen LogP contribution in [0.25, 0.3) is 0 Å². The third kappa shape index (κ3) is 1.75. The quantitative estimate of drug-likeness (QED) is 0.726. The number of carbonyl (C=O) groups excluding carboxylic acids is 1. The molecule has 1 aromatic carbocycles. The fraction of sp³-hybridized carbons (Fsp3) is 0.357. The van der Waals surface area contributed by atoms with E-state index in [1.54, 1.807) is 6.08 Å². The van der Waals surface area contributed by atoms with Gasteiger partial charge in [0, 0.05) is 11.0 Å². The van der Waals surface area contributed by atoms with E-state index < -0.39 is 0 Å². The van der Waals surface area contributed by atoms with E-state index in [1.165, 1.54) is 0 Å². The smallest absolute Gasteiger partial charge is 0.169 e. The number of carbonyl (C=O) groups is 1. The molecule has 0 heterocycles. The molecule has 0 aliphatic heterocycles. The van der Waals surface area contributed by atoms with E-state index in [4.69, 9.17) is 4.74 Å². The average Bonchev–Trinajstić information content (AvgIpc) is 2.46. The summed E-state index contributed by atoms with van der Waals surface area (Å²) in [6.07, 6.45) is 2.51. The van der Waals surface area contributed by atoms with Crippen LogP contribution in [0, 0.1) is 5.41 Å². The molecular weight excluding hydrogens is 200 g/mol. The average molecular weight is 216 g/mol. The molecule has 0 atom stereocenters. The predicted molar refractivity (Wildman–Crippen MR) is 63.9 cm³/mol. The maximum Gasteiger partial charge on any atom is 0.169 e. The van der Waals surface area contributed by atoms with Crippen LogP contribution in [0.2, 0.25) is 0 Å². The minimum absolute atomic E-state index is 0.234. The van der Waals surface area contributed by atoms with Gasteiger partial charge in [-0.3, -0.25) is 4.79 Å². The topological polar surface area (TPSA) is 26.3 Å². The largest absolute Gasteiger partial charge is 0.490 e. The highest BCUT2D eigenvalue weighted by molar-refractivity contribution is 6.04. The monoisotopic (exact) mass is 216 g/mol. The maximum atomic E-state index is 12.0. The summed E-state index contributed by atoms with van der Waals surface area (Å²) in [4.78, 5) is 12.0. The molecule has 0 unspecified atom stereocenters. The van der Waals surface area contributed by atoms with Crippen LogP contribution >= 0.6 is 0 Å². The van der Waals surface area contributed by atoms with Crippen LogP contribution < -0.4 is 4.74 Å². The Morgan fingerprint density at radius 3 is 2.94 bits per heavy atom. The van der Waals surface area contributed by atoms with Crippen LogP contribution in [0.5, 0.6) is 5.75 Å². The van der Waals surface area contributed by atoms with E-state index in [9.17, 15) is 4.79 Å². The fourth-order valence-electron chi connectivity index (χ4n) is 2.10. The van der Waals surface area contributed by atoms with Crippen LogP contribution in [-0.2, 0) is 6.42 Å². The molecule has 0 saturated carbocycles. The zero-order valence-electron chi connectivity index (χ0n) is 9.75. The van der Waals surface area contributed by atoms with Gasteiger partial charge >= 0.3 is 0 Å². The molecule has 0 saturated heterocycles. The Bertz CT molecular complexity index is 444. The zero-order chi connectivity index (χ0) is 11.8. The van der Waals surface area contributed by atoms with Gasteiger partial charge in [-0.15, -0.1) is 0 Å². The van der Waals surface area contributed by atoms with Crippen molar-refractivity contribution in [1.29, 1.82) is 0 Å². The molecule has 2 heteroatoms. The SMILES string of the molecule is C=CCOc1ccc2c(c1)CC(C)(C)C2=O. The molecule has 16 heavy (non-hydrogen) atoms. The molecule has 0 radical (unpaired) electrons. The van der Waals surface area contributed by atoms with Crippen molar-refractivity contribution in [1.82, 2.24) is 0 Å². The van der Waals surface area contributed by atoms with Crippen molar-refractivity contribution in [3.63, 3.8) is 0 Å². The predicted octanol–water partition coefficient (Wildman–Crippen LogP) is 3.02. The molecule has 0 bridgehead atoms. The lowest BCUT2D eigenvalue weighted by atomic mass is 9.89. The summed E-state index contributed by atoms with van der Waals surface area (Å²) in [5, 5.41) is 0. The molecule has 0 fully saturated rings. The van der Waals surface area contributed by atoms with Crippen molar-refractivity contribution in [2.24, 2.45) is 5.41 Å². The van der Waals surface area contributed by atoms with Gasteiger partial charge in [-0.2, -0.15) is 0 Å².